The number of nitrogens with zero attached hydrogens (tertiary/aromatic N) is 2. The summed E-state index contributed by atoms with van der Waals surface area (Å²) in [5.74, 6) is 0. The van der Waals surface area contributed by atoms with Crippen LogP contribution in [0.25, 0.3) is 0 Å². The van der Waals surface area contributed by atoms with E-state index in [4.69, 9.17) is 9.47 Å². The molecule has 0 amide bonds. The van der Waals surface area contributed by atoms with Gasteiger partial charge in [0.05, 0.1) is 19.3 Å². The van der Waals surface area contributed by atoms with E-state index in [-0.39, 0.29) is 0 Å². The minimum atomic E-state index is 0.306. The van der Waals surface area contributed by atoms with Crippen molar-refractivity contribution >= 4 is 0 Å². The molecule has 18 heavy (non-hydrogen) atoms. The Balaban J connectivity index is 3.80. The molecule has 0 saturated heterocycles. The predicted molar refractivity (Wildman–Crippen MR) is 77.2 cm³/mol. The third-order valence-electron chi connectivity index (χ3n) is 3.08. The van der Waals surface area contributed by atoms with Crippen molar-refractivity contribution in [1.82, 2.24) is 9.80 Å². The third-order valence-corrected chi connectivity index (χ3v) is 3.08. The summed E-state index contributed by atoms with van der Waals surface area (Å²) in [4.78, 5) is 4.74. The number of hydrogen-bond donors (Lipinski definition) is 0. The lowest BCUT2D eigenvalue weighted by Gasteiger charge is -2.28. The van der Waals surface area contributed by atoms with Gasteiger partial charge in [-0.25, -0.2) is 0 Å². The molecule has 1 unspecified atom stereocenters. The van der Waals surface area contributed by atoms with E-state index in [2.05, 4.69) is 44.7 Å². The van der Waals surface area contributed by atoms with Crippen LogP contribution in [-0.4, -0.2) is 76.0 Å². The Morgan fingerprint density at radius 2 is 1.61 bits per heavy atom. The molecule has 0 aromatic rings. The first-order valence-electron chi connectivity index (χ1n) is 6.96. The second kappa shape index (κ2) is 10.7. The average Bonchev–Trinajstić information content (AvgIpc) is 2.28. The SMILES string of the molecule is COCCOC(C)CCN(CCN(C)C)C(C)C. The van der Waals surface area contributed by atoms with E-state index >= 15 is 0 Å². The van der Waals surface area contributed by atoms with Crippen LogP contribution in [-0.2, 0) is 9.47 Å². The standard InChI is InChI=1S/C14H32N2O2/c1-13(2)16(10-9-15(4)5)8-7-14(3)18-12-11-17-6/h13-14H,7-12H2,1-6H3. The number of hydrogen-bond acceptors (Lipinski definition) is 4. The van der Waals surface area contributed by atoms with Gasteiger partial charge >= 0.3 is 0 Å². The van der Waals surface area contributed by atoms with Crippen molar-refractivity contribution in [3.63, 3.8) is 0 Å². The number of ether oxygens (including phenoxy) is 2. The smallest absolute Gasteiger partial charge is 0.0703 e. The maximum atomic E-state index is 5.68. The molecule has 0 radical (unpaired) electrons. The lowest BCUT2D eigenvalue weighted by atomic mass is 10.2. The molecule has 1 atom stereocenters. The Morgan fingerprint density at radius 3 is 2.11 bits per heavy atom. The maximum absolute atomic E-state index is 5.68. The van der Waals surface area contributed by atoms with E-state index in [0.29, 0.717) is 25.4 Å². The molecule has 4 heteroatoms. The first kappa shape index (κ1) is 17.8. The van der Waals surface area contributed by atoms with Crippen LogP contribution in [0.5, 0.6) is 0 Å². The van der Waals surface area contributed by atoms with Crippen molar-refractivity contribution in [2.75, 3.05) is 54.1 Å². The molecule has 0 aromatic heterocycles. The molecule has 4 nitrogen and oxygen atoms in total. The molecular weight excluding hydrogens is 228 g/mol. The van der Waals surface area contributed by atoms with Gasteiger partial charge < -0.3 is 14.4 Å². The highest BCUT2D eigenvalue weighted by molar-refractivity contribution is 4.66. The molecule has 0 aliphatic heterocycles. The van der Waals surface area contributed by atoms with Gasteiger partial charge in [-0.15, -0.1) is 0 Å². The van der Waals surface area contributed by atoms with Gasteiger partial charge in [0.2, 0.25) is 0 Å². The van der Waals surface area contributed by atoms with Crippen molar-refractivity contribution in [3.05, 3.63) is 0 Å². The van der Waals surface area contributed by atoms with Crippen LogP contribution in [0.3, 0.4) is 0 Å². The fourth-order valence-electron chi connectivity index (χ4n) is 1.72. The van der Waals surface area contributed by atoms with Gasteiger partial charge in [0.15, 0.2) is 0 Å². The topological polar surface area (TPSA) is 24.9 Å². The monoisotopic (exact) mass is 260 g/mol. The second-order valence-electron chi connectivity index (χ2n) is 5.40. The van der Waals surface area contributed by atoms with E-state index in [1.54, 1.807) is 7.11 Å². The van der Waals surface area contributed by atoms with Crippen LogP contribution in [0.1, 0.15) is 27.2 Å². The largest absolute Gasteiger partial charge is 0.382 e. The maximum Gasteiger partial charge on any atom is 0.0703 e. The Labute approximate surface area is 113 Å². The number of rotatable bonds is 11. The average molecular weight is 260 g/mol. The van der Waals surface area contributed by atoms with E-state index in [1.165, 1.54) is 0 Å². The molecule has 0 aromatic carbocycles. The van der Waals surface area contributed by atoms with E-state index in [9.17, 15) is 0 Å². The molecule has 0 aliphatic rings. The summed E-state index contributed by atoms with van der Waals surface area (Å²) >= 11 is 0. The molecule has 0 aliphatic carbocycles. The molecule has 0 fully saturated rings. The highest BCUT2D eigenvalue weighted by Gasteiger charge is 2.11. The summed E-state index contributed by atoms with van der Waals surface area (Å²) < 4.78 is 10.7. The first-order chi connectivity index (χ1) is 8.47. The van der Waals surface area contributed by atoms with Crippen LogP contribution >= 0.6 is 0 Å². The van der Waals surface area contributed by atoms with Crippen LogP contribution in [0.15, 0.2) is 0 Å². The predicted octanol–water partition coefficient (Wildman–Crippen LogP) is 1.70. The number of methoxy groups -OCH3 is 1. The second-order valence-corrected chi connectivity index (χ2v) is 5.40. The molecule has 0 N–H and O–H groups in total. The molecule has 110 valence electrons. The summed E-state index contributed by atoms with van der Waals surface area (Å²) in [6.07, 6.45) is 1.38. The first-order valence-corrected chi connectivity index (χ1v) is 6.96. The van der Waals surface area contributed by atoms with Gasteiger partial charge in [0.1, 0.15) is 0 Å². The summed E-state index contributed by atoms with van der Waals surface area (Å²) in [5.41, 5.74) is 0. The van der Waals surface area contributed by atoms with Gasteiger partial charge in [-0.05, 0) is 41.3 Å². The zero-order valence-corrected chi connectivity index (χ0v) is 13.1. The van der Waals surface area contributed by atoms with E-state index < -0.39 is 0 Å². The molecule has 0 rings (SSSR count). The Kier molecular flexibility index (Phi) is 10.6. The van der Waals surface area contributed by atoms with Crippen molar-refractivity contribution in [2.24, 2.45) is 0 Å². The van der Waals surface area contributed by atoms with Crippen molar-refractivity contribution < 1.29 is 9.47 Å². The molecule has 0 saturated carbocycles. The minimum absolute atomic E-state index is 0.306. The highest BCUT2D eigenvalue weighted by atomic mass is 16.5. The van der Waals surface area contributed by atoms with Gasteiger partial charge in [-0.1, -0.05) is 0 Å². The summed E-state index contributed by atoms with van der Waals surface area (Å²) in [6, 6.07) is 0.594. The highest BCUT2D eigenvalue weighted by Crippen LogP contribution is 2.04. The van der Waals surface area contributed by atoms with Gasteiger partial charge in [0.25, 0.3) is 0 Å². The summed E-state index contributed by atoms with van der Waals surface area (Å²) in [6.45, 7) is 11.3. The van der Waals surface area contributed by atoms with Crippen LogP contribution in [0.2, 0.25) is 0 Å². The van der Waals surface area contributed by atoms with Crippen LogP contribution in [0.4, 0.5) is 0 Å². The quantitative estimate of drug-likeness (QED) is 0.528. The van der Waals surface area contributed by atoms with Gasteiger partial charge in [-0.3, -0.25) is 4.90 Å². The Bertz CT molecular complexity index is 187. The molecule has 0 bridgehead atoms. The van der Waals surface area contributed by atoms with Gasteiger partial charge in [-0.2, -0.15) is 0 Å². The zero-order valence-electron chi connectivity index (χ0n) is 13.1. The van der Waals surface area contributed by atoms with E-state index in [0.717, 1.165) is 26.1 Å². The normalized spacial score (nSPS) is 13.8. The zero-order chi connectivity index (χ0) is 14.0. The molecule has 0 heterocycles. The molecular formula is C14H32N2O2. The van der Waals surface area contributed by atoms with Crippen LogP contribution < -0.4 is 0 Å². The van der Waals surface area contributed by atoms with Crippen LogP contribution in [0, 0.1) is 0 Å². The number of likely N-dealkylation sites (N-methyl/N-ethyl adjacent to an activating group) is 1. The van der Waals surface area contributed by atoms with E-state index in [1.807, 2.05) is 0 Å². The van der Waals surface area contributed by atoms with Crippen molar-refractivity contribution in [2.45, 2.75) is 39.3 Å². The third kappa shape index (κ3) is 9.83. The lowest BCUT2D eigenvalue weighted by molar-refractivity contribution is 0.0161. The van der Waals surface area contributed by atoms with Gasteiger partial charge in [0, 0.05) is 32.8 Å². The van der Waals surface area contributed by atoms with Crippen molar-refractivity contribution in [1.29, 1.82) is 0 Å². The minimum Gasteiger partial charge on any atom is -0.382 e. The fourth-order valence-corrected chi connectivity index (χ4v) is 1.72. The van der Waals surface area contributed by atoms with Crippen molar-refractivity contribution in [3.8, 4) is 0 Å². The molecule has 0 spiro atoms. The summed E-state index contributed by atoms with van der Waals surface area (Å²) in [7, 11) is 5.94. The Morgan fingerprint density at radius 1 is 0.944 bits per heavy atom. The Hall–Kier alpha value is -0.160. The lowest BCUT2D eigenvalue weighted by Crippen LogP contribution is -2.38. The fraction of sp³-hybridized carbons (Fsp3) is 1.00. The summed E-state index contributed by atoms with van der Waals surface area (Å²) in [5, 5.41) is 0.